The number of hydrogen-bond donors (Lipinski definition) is 2. The minimum absolute atomic E-state index is 0.0730. The largest absolute Gasteiger partial charge is 0.394 e. The molecule has 1 heterocycles. The fraction of sp³-hybridized carbons (Fsp3) is 0.500. The molecule has 0 saturated carbocycles. The van der Waals surface area contributed by atoms with Crippen LogP contribution in [0.3, 0.4) is 0 Å². The molecule has 2 rings (SSSR count). The summed E-state index contributed by atoms with van der Waals surface area (Å²) in [5.74, 6) is 0. The van der Waals surface area contributed by atoms with E-state index in [1.165, 1.54) is 0 Å². The monoisotopic (exact) mass is 245 g/mol. The van der Waals surface area contributed by atoms with Crippen molar-refractivity contribution in [2.45, 2.75) is 25.4 Å². The van der Waals surface area contributed by atoms with Crippen LogP contribution in [0.1, 0.15) is 18.9 Å². The lowest BCUT2D eigenvalue weighted by atomic mass is 10.1. The van der Waals surface area contributed by atoms with Crippen molar-refractivity contribution in [3.8, 4) is 6.07 Å². The summed E-state index contributed by atoms with van der Waals surface area (Å²) in [4.78, 5) is 2.19. The molecule has 2 atom stereocenters. The third-order valence-electron chi connectivity index (χ3n) is 3.46. The Hall–Kier alpha value is -1.57. The topological polar surface area (TPSA) is 59.3 Å². The van der Waals surface area contributed by atoms with Gasteiger partial charge in [-0.2, -0.15) is 5.26 Å². The van der Waals surface area contributed by atoms with E-state index in [1.54, 1.807) is 6.07 Å². The molecule has 0 bridgehead atoms. The van der Waals surface area contributed by atoms with E-state index in [0.29, 0.717) is 11.6 Å². The Balaban J connectivity index is 2.25. The van der Waals surface area contributed by atoms with E-state index in [9.17, 15) is 5.11 Å². The Kier molecular flexibility index (Phi) is 4.19. The van der Waals surface area contributed by atoms with Crippen LogP contribution < -0.4 is 10.2 Å². The van der Waals surface area contributed by atoms with E-state index in [1.807, 2.05) is 18.2 Å². The number of nitriles is 1. The van der Waals surface area contributed by atoms with Crippen molar-refractivity contribution in [1.29, 1.82) is 5.26 Å². The summed E-state index contributed by atoms with van der Waals surface area (Å²) in [6.07, 6.45) is 1.04. The Morgan fingerprint density at radius 3 is 3.11 bits per heavy atom. The number of aliphatic hydroxyl groups excluding tert-OH is 1. The fourth-order valence-corrected chi connectivity index (χ4v) is 2.32. The second-order valence-corrected chi connectivity index (χ2v) is 4.79. The van der Waals surface area contributed by atoms with Crippen molar-refractivity contribution >= 4 is 5.69 Å². The minimum Gasteiger partial charge on any atom is -0.394 e. The van der Waals surface area contributed by atoms with Crippen LogP contribution in [-0.4, -0.2) is 36.9 Å². The zero-order valence-electron chi connectivity index (χ0n) is 10.6. The second-order valence-electron chi connectivity index (χ2n) is 4.79. The van der Waals surface area contributed by atoms with Gasteiger partial charge in [0.05, 0.1) is 24.3 Å². The minimum atomic E-state index is 0.0730. The van der Waals surface area contributed by atoms with Gasteiger partial charge in [-0.25, -0.2) is 0 Å². The maximum absolute atomic E-state index is 9.51. The van der Waals surface area contributed by atoms with Crippen LogP contribution in [0.4, 0.5) is 5.69 Å². The molecule has 4 heteroatoms. The molecule has 0 aromatic heterocycles. The van der Waals surface area contributed by atoms with Crippen LogP contribution in [0.15, 0.2) is 24.3 Å². The summed E-state index contributed by atoms with van der Waals surface area (Å²) in [5, 5.41) is 21.9. The molecule has 1 aliphatic rings. The average Bonchev–Trinajstić information content (AvgIpc) is 2.60. The zero-order valence-corrected chi connectivity index (χ0v) is 10.6. The van der Waals surface area contributed by atoms with Crippen molar-refractivity contribution in [2.75, 3.05) is 24.6 Å². The van der Waals surface area contributed by atoms with Crippen molar-refractivity contribution < 1.29 is 5.11 Å². The lowest BCUT2D eigenvalue weighted by Crippen LogP contribution is -2.42. The van der Waals surface area contributed by atoms with Gasteiger partial charge in [0.1, 0.15) is 0 Å². The van der Waals surface area contributed by atoms with Gasteiger partial charge in [-0.3, -0.25) is 0 Å². The third kappa shape index (κ3) is 2.81. The first-order valence-electron chi connectivity index (χ1n) is 6.35. The van der Waals surface area contributed by atoms with Crippen LogP contribution in [0.25, 0.3) is 0 Å². The molecule has 0 radical (unpaired) electrons. The lowest BCUT2D eigenvalue weighted by Gasteiger charge is -2.30. The van der Waals surface area contributed by atoms with E-state index in [4.69, 9.17) is 5.26 Å². The number of rotatable bonds is 2. The number of hydrogen-bond acceptors (Lipinski definition) is 4. The molecule has 0 spiro atoms. The molecule has 0 amide bonds. The molecule has 1 fully saturated rings. The molecule has 0 aliphatic carbocycles. The smallest absolute Gasteiger partial charge is 0.0992 e. The van der Waals surface area contributed by atoms with Crippen molar-refractivity contribution in [1.82, 2.24) is 5.32 Å². The van der Waals surface area contributed by atoms with Crippen LogP contribution in [0.5, 0.6) is 0 Å². The molecular weight excluding hydrogens is 226 g/mol. The highest BCUT2D eigenvalue weighted by atomic mass is 16.3. The first kappa shape index (κ1) is 12.9. The number of benzene rings is 1. The van der Waals surface area contributed by atoms with E-state index in [0.717, 1.165) is 25.2 Å². The van der Waals surface area contributed by atoms with Gasteiger partial charge < -0.3 is 15.3 Å². The molecule has 1 aromatic rings. The highest BCUT2D eigenvalue weighted by Crippen LogP contribution is 2.20. The molecule has 1 aromatic carbocycles. The fourth-order valence-electron chi connectivity index (χ4n) is 2.32. The van der Waals surface area contributed by atoms with Gasteiger partial charge in [0.15, 0.2) is 0 Å². The Labute approximate surface area is 108 Å². The van der Waals surface area contributed by atoms with E-state index >= 15 is 0 Å². The summed E-state index contributed by atoms with van der Waals surface area (Å²) in [6, 6.07) is 10.3. The molecule has 2 N–H and O–H groups in total. The van der Waals surface area contributed by atoms with Crippen LogP contribution in [0, 0.1) is 11.3 Å². The Bertz CT molecular complexity index is 441. The average molecular weight is 245 g/mol. The van der Waals surface area contributed by atoms with Crippen LogP contribution in [-0.2, 0) is 0 Å². The highest BCUT2D eigenvalue weighted by molar-refractivity contribution is 5.52. The molecule has 1 aliphatic heterocycles. The van der Waals surface area contributed by atoms with Gasteiger partial charge in [-0.15, -0.1) is 0 Å². The van der Waals surface area contributed by atoms with Crippen molar-refractivity contribution in [3.63, 3.8) is 0 Å². The number of nitrogens with one attached hydrogen (secondary N) is 1. The first-order valence-corrected chi connectivity index (χ1v) is 6.35. The predicted molar refractivity (Wildman–Crippen MR) is 71.5 cm³/mol. The number of aliphatic hydroxyl groups is 1. The van der Waals surface area contributed by atoms with E-state index in [2.05, 4.69) is 23.2 Å². The van der Waals surface area contributed by atoms with Gasteiger partial charge in [-0.05, 0) is 31.5 Å². The molecule has 1 saturated heterocycles. The summed E-state index contributed by atoms with van der Waals surface area (Å²) in [6.45, 7) is 3.95. The Morgan fingerprint density at radius 2 is 2.39 bits per heavy atom. The second kappa shape index (κ2) is 5.85. The summed E-state index contributed by atoms with van der Waals surface area (Å²) in [5.41, 5.74) is 1.68. The van der Waals surface area contributed by atoms with E-state index < -0.39 is 0 Å². The standard InChI is InChI=1S/C14H19N3O/c1-11-5-6-17(14(10-18)9-16-11)13-4-2-3-12(7-13)8-15/h2-4,7,11,14,16,18H,5-6,9-10H2,1H3. The quantitative estimate of drug-likeness (QED) is 0.819. The Morgan fingerprint density at radius 1 is 1.56 bits per heavy atom. The lowest BCUT2D eigenvalue weighted by molar-refractivity contribution is 0.259. The van der Waals surface area contributed by atoms with Crippen LogP contribution in [0.2, 0.25) is 0 Å². The maximum atomic E-state index is 9.51. The number of anilines is 1. The molecule has 4 nitrogen and oxygen atoms in total. The summed E-state index contributed by atoms with van der Waals surface area (Å²) >= 11 is 0. The third-order valence-corrected chi connectivity index (χ3v) is 3.46. The molecule has 18 heavy (non-hydrogen) atoms. The van der Waals surface area contributed by atoms with Crippen LogP contribution >= 0.6 is 0 Å². The maximum Gasteiger partial charge on any atom is 0.0992 e. The van der Waals surface area contributed by atoms with E-state index in [-0.39, 0.29) is 12.6 Å². The predicted octanol–water partition coefficient (Wildman–Crippen LogP) is 1.11. The molecular formula is C14H19N3O. The first-order chi connectivity index (χ1) is 8.74. The zero-order chi connectivity index (χ0) is 13.0. The molecule has 96 valence electrons. The van der Waals surface area contributed by atoms with Gasteiger partial charge in [-0.1, -0.05) is 6.07 Å². The highest BCUT2D eigenvalue weighted by Gasteiger charge is 2.22. The van der Waals surface area contributed by atoms with Gasteiger partial charge in [0.25, 0.3) is 0 Å². The summed E-state index contributed by atoms with van der Waals surface area (Å²) in [7, 11) is 0. The SMILES string of the molecule is CC1CCN(c2cccc(C#N)c2)C(CO)CN1. The van der Waals surface area contributed by atoms with Gasteiger partial charge in [0.2, 0.25) is 0 Å². The van der Waals surface area contributed by atoms with Gasteiger partial charge >= 0.3 is 0 Å². The van der Waals surface area contributed by atoms with Crippen molar-refractivity contribution in [3.05, 3.63) is 29.8 Å². The van der Waals surface area contributed by atoms with Crippen molar-refractivity contribution in [2.24, 2.45) is 0 Å². The normalized spacial score (nSPS) is 24.4. The van der Waals surface area contributed by atoms with Gasteiger partial charge in [0, 0.05) is 24.8 Å². The molecule has 2 unspecified atom stereocenters. The summed E-state index contributed by atoms with van der Waals surface area (Å²) < 4.78 is 0. The number of nitrogens with zero attached hydrogens (tertiary/aromatic N) is 2.